The van der Waals surface area contributed by atoms with Crippen molar-refractivity contribution >= 4 is 0 Å². The molecule has 2 saturated carbocycles. The van der Waals surface area contributed by atoms with Crippen LogP contribution >= 0.6 is 0 Å². The molecule has 2 rings (SSSR count). The van der Waals surface area contributed by atoms with Crippen LogP contribution in [0.5, 0.6) is 0 Å². The summed E-state index contributed by atoms with van der Waals surface area (Å²) in [6, 6.07) is 1.54. The van der Waals surface area contributed by atoms with Crippen LogP contribution in [0.1, 0.15) is 65.7 Å². The van der Waals surface area contributed by atoms with Crippen LogP contribution in [0.3, 0.4) is 0 Å². The van der Waals surface area contributed by atoms with Gasteiger partial charge in [0.25, 0.3) is 0 Å². The first kappa shape index (κ1) is 15.3. The Kier molecular flexibility index (Phi) is 6.15. The van der Waals surface area contributed by atoms with Crippen molar-refractivity contribution < 1.29 is 0 Å². The maximum Gasteiger partial charge on any atom is 0.0251 e. The maximum atomic E-state index is 3.76. The van der Waals surface area contributed by atoms with Gasteiger partial charge in [-0.2, -0.15) is 0 Å². The van der Waals surface area contributed by atoms with E-state index in [1.165, 1.54) is 58.0 Å². The zero-order chi connectivity index (χ0) is 13.7. The molecule has 2 heteroatoms. The van der Waals surface area contributed by atoms with E-state index in [0.717, 1.165) is 30.5 Å². The van der Waals surface area contributed by atoms with Crippen LogP contribution < -0.4 is 5.32 Å². The van der Waals surface area contributed by atoms with Gasteiger partial charge in [-0.25, -0.2) is 0 Å². The minimum atomic E-state index is 0.743. The Labute approximate surface area is 120 Å². The van der Waals surface area contributed by atoms with Gasteiger partial charge in [0, 0.05) is 18.6 Å². The van der Waals surface area contributed by atoms with E-state index in [9.17, 15) is 0 Å². The normalized spacial score (nSPS) is 32.5. The Morgan fingerprint density at radius 3 is 2.32 bits per heavy atom. The molecule has 0 saturated heterocycles. The molecule has 2 nitrogen and oxygen atoms in total. The molecular weight excluding hydrogens is 232 g/mol. The van der Waals surface area contributed by atoms with Crippen LogP contribution in [0.15, 0.2) is 0 Å². The lowest BCUT2D eigenvalue weighted by Gasteiger charge is -2.45. The molecule has 2 aliphatic carbocycles. The lowest BCUT2D eigenvalue weighted by molar-refractivity contribution is 0.0715. The van der Waals surface area contributed by atoms with Crippen molar-refractivity contribution in [3.8, 4) is 0 Å². The topological polar surface area (TPSA) is 15.3 Å². The van der Waals surface area contributed by atoms with Crippen LogP contribution in [-0.2, 0) is 0 Å². The molecule has 0 aliphatic heterocycles. The average Bonchev–Trinajstić information content (AvgIpc) is 2.39. The molecule has 2 aliphatic rings. The molecule has 3 unspecified atom stereocenters. The van der Waals surface area contributed by atoms with Crippen molar-refractivity contribution in [1.29, 1.82) is 0 Å². The fourth-order valence-electron chi connectivity index (χ4n) is 4.01. The second kappa shape index (κ2) is 7.64. The van der Waals surface area contributed by atoms with Crippen molar-refractivity contribution in [3.05, 3.63) is 0 Å². The van der Waals surface area contributed by atoms with Crippen molar-refractivity contribution in [1.82, 2.24) is 10.2 Å². The highest BCUT2D eigenvalue weighted by atomic mass is 15.2. The minimum absolute atomic E-state index is 0.743. The lowest BCUT2D eigenvalue weighted by Crippen LogP contribution is -2.54. The highest BCUT2D eigenvalue weighted by molar-refractivity contribution is 4.91. The van der Waals surface area contributed by atoms with E-state index in [1.807, 2.05) is 0 Å². The van der Waals surface area contributed by atoms with Gasteiger partial charge in [-0.15, -0.1) is 0 Å². The van der Waals surface area contributed by atoms with Crippen LogP contribution in [0.2, 0.25) is 0 Å². The molecule has 2 fully saturated rings. The third kappa shape index (κ3) is 3.95. The predicted octanol–water partition coefficient (Wildman–Crippen LogP) is 3.67. The van der Waals surface area contributed by atoms with Crippen LogP contribution in [0.4, 0.5) is 0 Å². The third-order valence-corrected chi connectivity index (χ3v) is 5.56. The number of nitrogens with one attached hydrogen (secondary N) is 1. The first-order chi connectivity index (χ1) is 9.28. The summed E-state index contributed by atoms with van der Waals surface area (Å²) in [6.07, 6.45) is 10.1. The van der Waals surface area contributed by atoms with Crippen molar-refractivity contribution in [2.45, 2.75) is 77.8 Å². The molecule has 0 bridgehead atoms. The van der Waals surface area contributed by atoms with E-state index in [2.05, 4.69) is 31.0 Å². The quantitative estimate of drug-likeness (QED) is 0.756. The van der Waals surface area contributed by atoms with Gasteiger partial charge in [-0.05, 0) is 57.0 Å². The molecule has 1 N–H and O–H groups in total. The number of hydrogen-bond donors (Lipinski definition) is 1. The summed E-state index contributed by atoms with van der Waals surface area (Å²) < 4.78 is 0. The molecular formula is C17H34N2. The van der Waals surface area contributed by atoms with Gasteiger partial charge in [-0.1, -0.05) is 33.6 Å². The number of nitrogens with zero attached hydrogens (tertiary/aromatic N) is 1. The summed E-state index contributed by atoms with van der Waals surface area (Å²) in [4.78, 5) is 2.80. The molecule has 3 atom stereocenters. The molecule has 0 spiro atoms. The van der Waals surface area contributed by atoms with Gasteiger partial charge in [0.2, 0.25) is 0 Å². The summed E-state index contributed by atoms with van der Waals surface area (Å²) in [6.45, 7) is 10.7. The minimum Gasteiger partial charge on any atom is -0.313 e. The second-order valence-corrected chi connectivity index (χ2v) is 6.70. The van der Waals surface area contributed by atoms with Crippen LogP contribution in [0, 0.1) is 11.8 Å². The predicted molar refractivity (Wildman–Crippen MR) is 83.5 cm³/mol. The van der Waals surface area contributed by atoms with E-state index < -0.39 is 0 Å². The summed E-state index contributed by atoms with van der Waals surface area (Å²) in [7, 11) is 0. The van der Waals surface area contributed by atoms with E-state index >= 15 is 0 Å². The zero-order valence-electron chi connectivity index (χ0n) is 13.3. The molecule has 0 aromatic carbocycles. The molecule has 0 heterocycles. The molecule has 0 aromatic heterocycles. The van der Waals surface area contributed by atoms with Gasteiger partial charge < -0.3 is 5.32 Å². The Balaban J connectivity index is 1.95. The molecule has 0 aromatic rings. The first-order valence-electron chi connectivity index (χ1n) is 8.75. The SMILES string of the molecule is CCNC1CCC(CC)CC1N(CC)CC1CCC1. The van der Waals surface area contributed by atoms with Gasteiger partial charge >= 0.3 is 0 Å². The summed E-state index contributed by atoms with van der Waals surface area (Å²) in [5, 5.41) is 3.76. The highest BCUT2D eigenvalue weighted by Crippen LogP contribution is 2.33. The van der Waals surface area contributed by atoms with Gasteiger partial charge in [0.15, 0.2) is 0 Å². The van der Waals surface area contributed by atoms with Crippen LogP contribution in [-0.4, -0.2) is 36.6 Å². The fraction of sp³-hybridized carbons (Fsp3) is 1.00. The highest BCUT2D eigenvalue weighted by Gasteiger charge is 2.34. The van der Waals surface area contributed by atoms with E-state index in [4.69, 9.17) is 0 Å². The van der Waals surface area contributed by atoms with Gasteiger partial charge in [-0.3, -0.25) is 4.90 Å². The molecule has 0 amide bonds. The van der Waals surface area contributed by atoms with Crippen molar-refractivity contribution in [3.63, 3.8) is 0 Å². The van der Waals surface area contributed by atoms with Gasteiger partial charge in [0.1, 0.15) is 0 Å². The summed E-state index contributed by atoms with van der Waals surface area (Å²) in [5.74, 6) is 1.97. The second-order valence-electron chi connectivity index (χ2n) is 6.70. The summed E-state index contributed by atoms with van der Waals surface area (Å²) >= 11 is 0. The Morgan fingerprint density at radius 2 is 1.79 bits per heavy atom. The number of rotatable bonds is 7. The first-order valence-corrected chi connectivity index (χ1v) is 8.75. The standard InChI is InChI=1S/C17H34N2/c1-4-14-10-11-16(18-5-2)17(12-14)19(6-3)13-15-8-7-9-15/h14-18H,4-13H2,1-3H3. The Bertz CT molecular complexity index is 250. The lowest BCUT2D eigenvalue weighted by atomic mass is 9.79. The Hall–Kier alpha value is -0.0800. The Morgan fingerprint density at radius 1 is 1.00 bits per heavy atom. The largest absolute Gasteiger partial charge is 0.313 e. The molecule has 112 valence electrons. The van der Waals surface area contributed by atoms with E-state index in [-0.39, 0.29) is 0 Å². The average molecular weight is 266 g/mol. The third-order valence-electron chi connectivity index (χ3n) is 5.56. The monoisotopic (exact) mass is 266 g/mol. The number of likely N-dealkylation sites (N-methyl/N-ethyl adjacent to an activating group) is 2. The van der Waals surface area contributed by atoms with Crippen LogP contribution in [0.25, 0.3) is 0 Å². The van der Waals surface area contributed by atoms with E-state index in [1.54, 1.807) is 0 Å². The van der Waals surface area contributed by atoms with Crippen molar-refractivity contribution in [2.75, 3.05) is 19.6 Å². The number of hydrogen-bond acceptors (Lipinski definition) is 2. The van der Waals surface area contributed by atoms with E-state index in [0.29, 0.717) is 0 Å². The van der Waals surface area contributed by atoms with Crippen molar-refractivity contribution in [2.24, 2.45) is 11.8 Å². The fourth-order valence-corrected chi connectivity index (χ4v) is 4.01. The maximum absolute atomic E-state index is 3.76. The summed E-state index contributed by atoms with van der Waals surface area (Å²) in [5.41, 5.74) is 0. The molecule has 19 heavy (non-hydrogen) atoms. The molecule has 0 radical (unpaired) electrons. The zero-order valence-corrected chi connectivity index (χ0v) is 13.3. The van der Waals surface area contributed by atoms with Gasteiger partial charge in [0.05, 0.1) is 0 Å². The smallest absolute Gasteiger partial charge is 0.0251 e.